The lowest BCUT2D eigenvalue weighted by atomic mass is 9.49. The number of nitrogens with one attached hydrogen (secondary N) is 1. The van der Waals surface area contributed by atoms with E-state index in [-0.39, 0.29) is 5.41 Å². The summed E-state index contributed by atoms with van der Waals surface area (Å²) in [5.74, 6) is 2.85. The number of amides is 1. The van der Waals surface area contributed by atoms with E-state index >= 15 is 0 Å². The summed E-state index contributed by atoms with van der Waals surface area (Å²) in [7, 11) is 0. The molecule has 4 saturated carbocycles. The first-order chi connectivity index (χ1) is 10.5. The van der Waals surface area contributed by atoms with Crippen molar-refractivity contribution in [3.05, 3.63) is 15.6 Å². The zero-order chi connectivity index (χ0) is 15.3. The van der Waals surface area contributed by atoms with Crippen LogP contribution in [-0.4, -0.2) is 17.4 Å². The van der Waals surface area contributed by atoms with Gasteiger partial charge in [-0.15, -0.1) is 11.3 Å². The number of carbonyl (C=O) groups excluding carboxylic acids is 1. The van der Waals surface area contributed by atoms with Crippen LogP contribution in [0.15, 0.2) is 0 Å². The van der Waals surface area contributed by atoms with Gasteiger partial charge in [-0.2, -0.15) is 0 Å². The molecule has 1 aromatic rings. The molecule has 0 radical (unpaired) electrons. The summed E-state index contributed by atoms with van der Waals surface area (Å²) in [5.41, 5.74) is 1.12. The van der Waals surface area contributed by atoms with Gasteiger partial charge in [0.05, 0.1) is 10.7 Å². The van der Waals surface area contributed by atoms with Gasteiger partial charge >= 0.3 is 0 Å². The van der Waals surface area contributed by atoms with E-state index in [0.29, 0.717) is 5.91 Å². The molecule has 4 fully saturated rings. The summed E-state index contributed by atoms with van der Waals surface area (Å²) in [6.45, 7) is 4.92. The third kappa shape index (κ3) is 2.49. The fourth-order valence-corrected chi connectivity index (χ4v) is 6.44. The van der Waals surface area contributed by atoms with Crippen molar-refractivity contribution >= 4 is 17.2 Å². The Hall–Kier alpha value is -0.900. The molecule has 1 heterocycles. The van der Waals surface area contributed by atoms with E-state index in [1.54, 1.807) is 11.3 Å². The van der Waals surface area contributed by atoms with Gasteiger partial charge in [0.25, 0.3) is 0 Å². The normalized spacial score (nSPS) is 35.8. The van der Waals surface area contributed by atoms with Crippen LogP contribution in [0.3, 0.4) is 0 Å². The van der Waals surface area contributed by atoms with Crippen LogP contribution in [0.25, 0.3) is 0 Å². The highest BCUT2D eigenvalue weighted by Crippen LogP contribution is 2.60. The van der Waals surface area contributed by atoms with E-state index in [9.17, 15) is 4.79 Å². The molecule has 5 rings (SSSR count). The van der Waals surface area contributed by atoms with Gasteiger partial charge in [0.2, 0.25) is 5.91 Å². The summed E-state index contributed by atoms with van der Waals surface area (Å²) in [6.07, 6.45) is 8.51. The van der Waals surface area contributed by atoms with E-state index in [0.717, 1.165) is 60.7 Å². The minimum absolute atomic E-state index is 0.0105. The lowest BCUT2D eigenvalue weighted by Gasteiger charge is -2.55. The molecule has 120 valence electrons. The van der Waals surface area contributed by atoms with Crippen molar-refractivity contribution in [2.75, 3.05) is 6.54 Å². The molecule has 1 amide bonds. The number of hydrogen-bond acceptors (Lipinski definition) is 3. The van der Waals surface area contributed by atoms with E-state index in [1.807, 2.05) is 0 Å². The summed E-state index contributed by atoms with van der Waals surface area (Å²) >= 11 is 1.76. The minimum atomic E-state index is -0.0105. The molecule has 0 aromatic carbocycles. The molecule has 1 aromatic heterocycles. The molecule has 22 heavy (non-hydrogen) atoms. The lowest BCUT2D eigenvalue weighted by Crippen LogP contribution is -2.53. The van der Waals surface area contributed by atoms with Crippen LogP contribution in [0.4, 0.5) is 0 Å². The molecule has 0 saturated heterocycles. The third-order valence-corrected chi connectivity index (χ3v) is 7.35. The Morgan fingerprint density at radius 1 is 1.18 bits per heavy atom. The number of aryl methyl sites for hydroxylation is 2. The topological polar surface area (TPSA) is 42.0 Å². The molecule has 4 heteroatoms. The second-order valence-corrected chi connectivity index (χ2v) is 9.24. The number of carbonyl (C=O) groups is 1. The van der Waals surface area contributed by atoms with Crippen molar-refractivity contribution in [3.8, 4) is 0 Å². The third-order valence-electron chi connectivity index (χ3n) is 6.22. The van der Waals surface area contributed by atoms with Gasteiger partial charge in [-0.25, -0.2) is 4.98 Å². The fraction of sp³-hybridized carbons (Fsp3) is 0.778. The maximum Gasteiger partial charge on any atom is 0.226 e. The van der Waals surface area contributed by atoms with Crippen LogP contribution >= 0.6 is 11.3 Å². The Bertz CT molecular complexity index is 537. The Kier molecular flexibility index (Phi) is 3.55. The Morgan fingerprint density at radius 2 is 1.77 bits per heavy atom. The van der Waals surface area contributed by atoms with Crippen molar-refractivity contribution in [1.29, 1.82) is 0 Å². The van der Waals surface area contributed by atoms with E-state index in [1.165, 1.54) is 24.1 Å². The van der Waals surface area contributed by atoms with E-state index in [4.69, 9.17) is 0 Å². The number of rotatable bonds is 4. The zero-order valence-electron chi connectivity index (χ0n) is 13.7. The van der Waals surface area contributed by atoms with Gasteiger partial charge in [0.1, 0.15) is 0 Å². The van der Waals surface area contributed by atoms with Crippen molar-refractivity contribution in [1.82, 2.24) is 10.3 Å². The smallest absolute Gasteiger partial charge is 0.226 e. The van der Waals surface area contributed by atoms with Crippen LogP contribution in [0.2, 0.25) is 0 Å². The average molecular weight is 318 g/mol. The number of aromatic nitrogens is 1. The highest BCUT2D eigenvalue weighted by atomic mass is 32.1. The standard InChI is InChI=1S/C18H26N2OS/c1-11-12(2)22-16(20-11)3-4-19-17(21)18-8-13-5-14(9-18)7-15(6-13)10-18/h13-15H,3-10H2,1-2H3,(H,19,21). The van der Waals surface area contributed by atoms with E-state index in [2.05, 4.69) is 24.1 Å². The number of hydrogen-bond donors (Lipinski definition) is 1. The summed E-state index contributed by atoms with van der Waals surface area (Å²) in [4.78, 5) is 18.7. The first-order valence-electron chi connectivity index (χ1n) is 8.75. The van der Waals surface area contributed by atoms with Crippen molar-refractivity contribution in [3.63, 3.8) is 0 Å². The summed E-state index contributed by atoms with van der Waals surface area (Å²) in [5, 5.41) is 4.40. The predicted octanol–water partition coefficient (Wildman–Crippen LogP) is 3.64. The first-order valence-corrected chi connectivity index (χ1v) is 9.57. The largest absolute Gasteiger partial charge is 0.355 e. The first kappa shape index (κ1) is 14.7. The zero-order valence-corrected chi connectivity index (χ0v) is 14.5. The highest BCUT2D eigenvalue weighted by molar-refractivity contribution is 7.11. The van der Waals surface area contributed by atoms with Gasteiger partial charge in [-0.05, 0) is 70.1 Å². The molecule has 4 aliphatic carbocycles. The Morgan fingerprint density at radius 3 is 2.27 bits per heavy atom. The number of thiazole rings is 1. The molecular weight excluding hydrogens is 292 g/mol. The molecule has 3 nitrogen and oxygen atoms in total. The molecular formula is C18H26N2OS. The maximum absolute atomic E-state index is 12.8. The molecule has 0 unspecified atom stereocenters. The Balaban J connectivity index is 1.36. The SMILES string of the molecule is Cc1nc(CCNC(=O)C23CC4CC(CC(C4)C2)C3)sc1C. The second kappa shape index (κ2) is 5.33. The second-order valence-electron chi connectivity index (χ2n) is 7.95. The summed E-state index contributed by atoms with van der Waals surface area (Å²) in [6, 6.07) is 0. The minimum Gasteiger partial charge on any atom is -0.355 e. The molecule has 4 bridgehead atoms. The van der Waals surface area contributed by atoms with Gasteiger partial charge < -0.3 is 5.32 Å². The van der Waals surface area contributed by atoms with E-state index < -0.39 is 0 Å². The van der Waals surface area contributed by atoms with Crippen molar-refractivity contribution in [2.45, 2.75) is 58.8 Å². The van der Waals surface area contributed by atoms with Crippen LogP contribution in [-0.2, 0) is 11.2 Å². The van der Waals surface area contributed by atoms with Gasteiger partial charge in [-0.1, -0.05) is 0 Å². The predicted molar refractivity (Wildman–Crippen MR) is 88.9 cm³/mol. The van der Waals surface area contributed by atoms with Crippen LogP contribution in [0, 0.1) is 37.0 Å². The summed E-state index contributed by atoms with van der Waals surface area (Å²) < 4.78 is 0. The molecule has 0 aliphatic heterocycles. The van der Waals surface area contributed by atoms with Crippen molar-refractivity contribution in [2.24, 2.45) is 23.2 Å². The van der Waals surface area contributed by atoms with Gasteiger partial charge in [0.15, 0.2) is 0 Å². The fourth-order valence-electron chi connectivity index (χ4n) is 5.51. The number of nitrogens with zero attached hydrogens (tertiary/aromatic N) is 1. The maximum atomic E-state index is 12.8. The van der Waals surface area contributed by atoms with Gasteiger partial charge in [0, 0.05) is 23.3 Å². The molecule has 0 spiro atoms. The van der Waals surface area contributed by atoms with Crippen LogP contribution < -0.4 is 5.32 Å². The van der Waals surface area contributed by atoms with Crippen LogP contribution in [0.1, 0.15) is 54.1 Å². The quantitative estimate of drug-likeness (QED) is 0.921. The van der Waals surface area contributed by atoms with Gasteiger partial charge in [-0.3, -0.25) is 4.79 Å². The van der Waals surface area contributed by atoms with Crippen molar-refractivity contribution < 1.29 is 4.79 Å². The van der Waals surface area contributed by atoms with Crippen LogP contribution in [0.5, 0.6) is 0 Å². The highest BCUT2D eigenvalue weighted by Gasteiger charge is 2.54. The molecule has 4 aliphatic rings. The molecule has 1 N–H and O–H groups in total. The lowest BCUT2D eigenvalue weighted by molar-refractivity contribution is -0.146. The monoisotopic (exact) mass is 318 g/mol. The Labute approximate surface area is 136 Å². The average Bonchev–Trinajstić information content (AvgIpc) is 2.76. The molecule has 0 atom stereocenters.